The van der Waals surface area contributed by atoms with Crippen LogP contribution in [0.2, 0.25) is 4.34 Å². The summed E-state index contributed by atoms with van der Waals surface area (Å²) < 4.78 is 0.735. The molecule has 1 amide bonds. The fourth-order valence-corrected chi connectivity index (χ4v) is 2.53. The lowest BCUT2D eigenvalue weighted by molar-refractivity contribution is -0.137. The summed E-state index contributed by atoms with van der Waals surface area (Å²) in [5, 5.41) is 11.2. The quantitative estimate of drug-likeness (QED) is 0.723. The molecule has 6 heteroatoms. The van der Waals surface area contributed by atoms with Crippen molar-refractivity contribution in [1.29, 1.82) is 0 Å². The van der Waals surface area contributed by atoms with Gasteiger partial charge in [-0.05, 0) is 31.4 Å². The number of amides is 1. The van der Waals surface area contributed by atoms with Gasteiger partial charge in [-0.25, -0.2) is 0 Å². The summed E-state index contributed by atoms with van der Waals surface area (Å²) in [6, 6.07) is 3.75. The Bertz CT molecular complexity index is 406. The van der Waals surface area contributed by atoms with E-state index in [9.17, 15) is 9.59 Å². The number of hydrogen-bond acceptors (Lipinski definition) is 3. The molecule has 0 aliphatic carbocycles. The second kappa shape index (κ2) is 8.11. The van der Waals surface area contributed by atoms with Crippen LogP contribution in [0.4, 0.5) is 0 Å². The average Bonchev–Trinajstić information content (AvgIpc) is 2.71. The van der Waals surface area contributed by atoms with E-state index in [1.54, 1.807) is 0 Å². The predicted octanol–water partition coefficient (Wildman–Crippen LogP) is 2.71. The number of carboxylic acid groups (broad SMARTS) is 1. The van der Waals surface area contributed by atoms with Gasteiger partial charge in [-0.15, -0.1) is 11.3 Å². The largest absolute Gasteiger partial charge is 0.481 e. The van der Waals surface area contributed by atoms with Gasteiger partial charge in [0, 0.05) is 24.3 Å². The first kappa shape index (κ1) is 15.0. The van der Waals surface area contributed by atoms with Crippen LogP contribution in [-0.2, 0) is 16.0 Å². The van der Waals surface area contributed by atoms with Gasteiger partial charge in [-0.3, -0.25) is 9.59 Å². The highest BCUT2D eigenvalue weighted by atomic mass is 35.5. The summed E-state index contributed by atoms with van der Waals surface area (Å²) in [6.07, 6.45) is 2.58. The zero-order chi connectivity index (χ0) is 13.4. The second-order valence-electron chi connectivity index (χ2n) is 3.91. The lowest BCUT2D eigenvalue weighted by Crippen LogP contribution is -2.24. The normalized spacial score (nSPS) is 10.3. The van der Waals surface area contributed by atoms with Crippen LogP contribution in [0.1, 0.15) is 30.6 Å². The van der Waals surface area contributed by atoms with Crippen LogP contribution in [0.3, 0.4) is 0 Å². The standard InChI is InChI=1S/C12H16ClNO3S/c13-10-6-4-9(18-10)5-7-11(15)14-8-2-1-3-12(16)17/h4,6H,1-3,5,7-8H2,(H,14,15)(H,16,17). The van der Waals surface area contributed by atoms with E-state index in [0.29, 0.717) is 32.2 Å². The van der Waals surface area contributed by atoms with E-state index in [4.69, 9.17) is 16.7 Å². The molecule has 0 bridgehead atoms. The van der Waals surface area contributed by atoms with Crippen LogP contribution in [0.5, 0.6) is 0 Å². The Kier molecular flexibility index (Phi) is 6.75. The second-order valence-corrected chi connectivity index (χ2v) is 5.71. The van der Waals surface area contributed by atoms with E-state index < -0.39 is 5.97 Å². The molecule has 0 aromatic carbocycles. The monoisotopic (exact) mass is 289 g/mol. The highest BCUT2D eigenvalue weighted by Gasteiger charge is 2.04. The summed E-state index contributed by atoms with van der Waals surface area (Å²) in [5.41, 5.74) is 0. The Balaban J connectivity index is 2.05. The molecule has 1 aromatic heterocycles. The Morgan fingerprint density at radius 2 is 2.06 bits per heavy atom. The molecule has 18 heavy (non-hydrogen) atoms. The van der Waals surface area contributed by atoms with Crippen LogP contribution in [0.15, 0.2) is 12.1 Å². The van der Waals surface area contributed by atoms with Gasteiger partial charge in [-0.2, -0.15) is 0 Å². The number of carboxylic acids is 1. The van der Waals surface area contributed by atoms with Crippen molar-refractivity contribution in [2.75, 3.05) is 6.54 Å². The van der Waals surface area contributed by atoms with Crippen molar-refractivity contribution < 1.29 is 14.7 Å². The molecule has 1 rings (SSSR count). The van der Waals surface area contributed by atoms with Crippen LogP contribution in [0, 0.1) is 0 Å². The molecule has 1 aromatic rings. The lowest BCUT2D eigenvalue weighted by Gasteiger charge is -2.03. The van der Waals surface area contributed by atoms with Gasteiger partial charge in [0.15, 0.2) is 0 Å². The molecular weight excluding hydrogens is 274 g/mol. The van der Waals surface area contributed by atoms with Crippen LogP contribution >= 0.6 is 22.9 Å². The number of carbonyl (C=O) groups excluding carboxylic acids is 1. The van der Waals surface area contributed by atoms with E-state index in [1.165, 1.54) is 11.3 Å². The van der Waals surface area contributed by atoms with Gasteiger partial charge < -0.3 is 10.4 Å². The highest BCUT2D eigenvalue weighted by Crippen LogP contribution is 2.22. The zero-order valence-electron chi connectivity index (χ0n) is 9.95. The average molecular weight is 290 g/mol. The van der Waals surface area contributed by atoms with Crippen molar-refractivity contribution in [3.8, 4) is 0 Å². The van der Waals surface area contributed by atoms with Gasteiger partial charge in [-0.1, -0.05) is 11.6 Å². The number of halogens is 1. The highest BCUT2D eigenvalue weighted by molar-refractivity contribution is 7.16. The topological polar surface area (TPSA) is 66.4 Å². The van der Waals surface area contributed by atoms with Gasteiger partial charge in [0.25, 0.3) is 0 Å². The minimum Gasteiger partial charge on any atom is -0.481 e. The van der Waals surface area contributed by atoms with Crippen LogP contribution < -0.4 is 5.32 Å². The third kappa shape index (κ3) is 6.61. The first-order chi connectivity index (χ1) is 8.58. The SMILES string of the molecule is O=C(O)CCCCNC(=O)CCc1ccc(Cl)s1. The molecule has 0 aliphatic rings. The number of rotatable bonds is 8. The Hall–Kier alpha value is -1.07. The Labute approximate surface area is 115 Å². The maximum absolute atomic E-state index is 11.5. The van der Waals surface area contributed by atoms with Crippen molar-refractivity contribution >= 4 is 34.8 Å². The third-order valence-corrected chi connectivity index (χ3v) is 3.66. The molecule has 0 unspecified atom stereocenters. The number of aryl methyl sites for hydroxylation is 1. The summed E-state index contributed by atoms with van der Waals surface area (Å²) in [6.45, 7) is 0.539. The summed E-state index contributed by atoms with van der Waals surface area (Å²) in [5.74, 6) is -0.800. The van der Waals surface area contributed by atoms with Crippen molar-refractivity contribution in [2.45, 2.75) is 32.1 Å². The molecule has 0 radical (unpaired) electrons. The van der Waals surface area contributed by atoms with Crippen LogP contribution in [-0.4, -0.2) is 23.5 Å². The zero-order valence-corrected chi connectivity index (χ0v) is 11.5. The predicted molar refractivity (Wildman–Crippen MR) is 72.1 cm³/mol. The Morgan fingerprint density at radius 1 is 1.28 bits per heavy atom. The number of aliphatic carboxylic acids is 1. The first-order valence-electron chi connectivity index (χ1n) is 5.80. The smallest absolute Gasteiger partial charge is 0.303 e. The van der Waals surface area contributed by atoms with Crippen molar-refractivity contribution in [2.24, 2.45) is 0 Å². The first-order valence-corrected chi connectivity index (χ1v) is 7.00. The van der Waals surface area contributed by atoms with Crippen molar-refractivity contribution in [1.82, 2.24) is 5.32 Å². The number of unbranched alkanes of at least 4 members (excludes halogenated alkanes) is 1. The fourth-order valence-electron chi connectivity index (χ4n) is 1.44. The number of hydrogen-bond donors (Lipinski definition) is 2. The molecule has 0 aliphatic heterocycles. The molecule has 1 heterocycles. The van der Waals surface area contributed by atoms with Crippen LogP contribution in [0.25, 0.3) is 0 Å². The summed E-state index contributed by atoms with van der Waals surface area (Å²) in [7, 11) is 0. The number of thiophene rings is 1. The number of nitrogens with one attached hydrogen (secondary N) is 1. The lowest BCUT2D eigenvalue weighted by atomic mass is 10.2. The van der Waals surface area contributed by atoms with E-state index in [-0.39, 0.29) is 12.3 Å². The maximum Gasteiger partial charge on any atom is 0.303 e. The van der Waals surface area contributed by atoms with Gasteiger partial charge in [0.2, 0.25) is 5.91 Å². The minimum atomic E-state index is -0.795. The third-order valence-electron chi connectivity index (χ3n) is 2.37. The maximum atomic E-state index is 11.5. The summed E-state index contributed by atoms with van der Waals surface area (Å²) in [4.78, 5) is 22.8. The van der Waals surface area contributed by atoms with E-state index in [2.05, 4.69) is 5.32 Å². The molecule has 0 saturated carbocycles. The molecule has 2 N–H and O–H groups in total. The van der Waals surface area contributed by atoms with Crippen molar-refractivity contribution in [3.63, 3.8) is 0 Å². The van der Waals surface area contributed by atoms with Gasteiger partial charge in [0.05, 0.1) is 4.34 Å². The van der Waals surface area contributed by atoms with E-state index in [0.717, 1.165) is 9.21 Å². The summed E-state index contributed by atoms with van der Waals surface area (Å²) >= 11 is 7.27. The molecule has 4 nitrogen and oxygen atoms in total. The van der Waals surface area contributed by atoms with Gasteiger partial charge in [0.1, 0.15) is 0 Å². The molecule has 0 spiro atoms. The molecular formula is C12H16ClNO3S. The molecule has 0 saturated heterocycles. The molecule has 100 valence electrons. The van der Waals surface area contributed by atoms with E-state index >= 15 is 0 Å². The fraction of sp³-hybridized carbons (Fsp3) is 0.500. The molecule has 0 atom stereocenters. The van der Waals surface area contributed by atoms with Gasteiger partial charge >= 0.3 is 5.97 Å². The number of carbonyl (C=O) groups is 2. The minimum absolute atomic E-state index is 0.00477. The molecule has 0 fully saturated rings. The Morgan fingerprint density at radius 3 is 2.67 bits per heavy atom. The van der Waals surface area contributed by atoms with E-state index in [1.807, 2.05) is 12.1 Å². The van der Waals surface area contributed by atoms with Crippen molar-refractivity contribution in [3.05, 3.63) is 21.3 Å².